The Morgan fingerprint density at radius 1 is 0.975 bits per heavy atom. The summed E-state index contributed by atoms with van der Waals surface area (Å²) in [4.78, 5) is 31.9. The van der Waals surface area contributed by atoms with Crippen molar-refractivity contribution in [2.75, 3.05) is 13.7 Å². The molecule has 6 heteroatoms. The summed E-state index contributed by atoms with van der Waals surface area (Å²) in [5.74, 6) is 0.145. The van der Waals surface area contributed by atoms with Crippen LogP contribution in [0.2, 0.25) is 0 Å². The first-order valence-electron chi connectivity index (χ1n) is 13.9. The lowest BCUT2D eigenvalue weighted by atomic mass is 9.87. The second-order valence-electron chi connectivity index (χ2n) is 10.7. The van der Waals surface area contributed by atoms with Crippen molar-refractivity contribution in [1.29, 1.82) is 0 Å². The van der Waals surface area contributed by atoms with Crippen LogP contribution in [-0.4, -0.2) is 35.4 Å². The number of rotatable bonds is 8. The van der Waals surface area contributed by atoms with Crippen LogP contribution in [0.25, 0.3) is 11.1 Å². The van der Waals surface area contributed by atoms with Gasteiger partial charge in [0, 0.05) is 44.5 Å². The number of ether oxygens (including phenoxy) is 1. The highest BCUT2D eigenvalue weighted by molar-refractivity contribution is 5.91. The molecule has 1 fully saturated rings. The zero-order chi connectivity index (χ0) is 27.5. The third-order valence-electron chi connectivity index (χ3n) is 8.15. The predicted molar refractivity (Wildman–Crippen MR) is 154 cm³/mol. The van der Waals surface area contributed by atoms with Crippen LogP contribution in [0.1, 0.15) is 50.5 Å². The number of esters is 1. The van der Waals surface area contributed by atoms with Crippen LogP contribution in [0.3, 0.4) is 0 Å². The number of nitrogens with one attached hydrogen (secondary N) is 1. The van der Waals surface area contributed by atoms with Crippen LogP contribution in [0.5, 0.6) is 0 Å². The number of benzene rings is 3. The van der Waals surface area contributed by atoms with Gasteiger partial charge in [0.15, 0.2) is 0 Å². The number of hydrogen-bond donors (Lipinski definition) is 1. The average molecular weight is 532 g/mol. The molecule has 3 aromatic carbocycles. The van der Waals surface area contributed by atoms with E-state index in [-0.39, 0.29) is 17.8 Å². The van der Waals surface area contributed by atoms with Gasteiger partial charge in [-0.1, -0.05) is 54.6 Å². The van der Waals surface area contributed by atoms with Crippen LogP contribution in [0.4, 0.5) is 0 Å². The molecule has 0 unspecified atom stereocenters. The molecule has 0 spiro atoms. The van der Waals surface area contributed by atoms with Crippen molar-refractivity contribution in [1.82, 2.24) is 15.2 Å². The van der Waals surface area contributed by atoms with Crippen molar-refractivity contribution in [2.24, 2.45) is 5.92 Å². The van der Waals surface area contributed by atoms with Gasteiger partial charge in [-0.3, -0.25) is 14.7 Å². The Balaban J connectivity index is 1.25. The van der Waals surface area contributed by atoms with Gasteiger partial charge in [0.05, 0.1) is 12.7 Å². The lowest BCUT2D eigenvalue weighted by Gasteiger charge is -2.32. The fraction of sp³-hybridized carbons (Fsp3) is 0.265. The number of aromatic nitrogens is 1. The Labute approximate surface area is 235 Å². The van der Waals surface area contributed by atoms with Crippen LogP contribution < -0.4 is 5.32 Å². The molecule has 2 aliphatic rings. The molecular weight excluding hydrogens is 498 g/mol. The van der Waals surface area contributed by atoms with Crippen LogP contribution in [0, 0.1) is 5.92 Å². The quantitative estimate of drug-likeness (QED) is 0.304. The number of fused-ring (bicyclic) bond motifs is 1. The SMILES string of the molecule is COC(=O)c1cccc(-c2ccc(CNC(=O)[C@@H]3C[C@@H]3c3ccccc3)c3c2CCN(Cc2ccncc2)C3)c1. The van der Waals surface area contributed by atoms with E-state index in [9.17, 15) is 9.59 Å². The summed E-state index contributed by atoms with van der Waals surface area (Å²) in [5.41, 5.74) is 8.84. The molecule has 6 nitrogen and oxygen atoms in total. The van der Waals surface area contributed by atoms with Crippen molar-refractivity contribution in [3.63, 3.8) is 0 Å². The van der Waals surface area contributed by atoms with E-state index in [1.807, 2.05) is 48.8 Å². The molecule has 1 aromatic heterocycles. The number of pyridine rings is 1. The molecule has 1 amide bonds. The second kappa shape index (κ2) is 11.4. The van der Waals surface area contributed by atoms with E-state index in [4.69, 9.17) is 4.74 Å². The van der Waals surface area contributed by atoms with E-state index >= 15 is 0 Å². The number of methoxy groups -OCH3 is 1. The molecular formula is C34H33N3O3. The summed E-state index contributed by atoms with van der Waals surface area (Å²) in [6.07, 6.45) is 5.46. The molecule has 6 rings (SSSR count). The molecule has 1 aliphatic heterocycles. The standard InChI is InChI=1S/C34H33N3O3/c1-40-34(39)26-9-5-8-25(18-26)28-11-10-27(20-36-33(38)31-19-30(31)24-6-3-2-4-7-24)32-22-37(17-14-29(28)32)21-23-12-15-35-16-13-23/h2-13,15-16,18,30-31H,14,17,19-22H2,1H3,(H,36,38)/t30-,31-/m1/s1. The summed E-state index contributed by atoms with van der Waals surface area (Å²) < 4.78 is 4.95. The highest BCUT2D eigenvalue weighted by atomic mass is 16.5. The number of carbonyl (C=O) groups is 2. The summed E-state index contributed by atoms with van der Waals surface area (Å²) in [7, 11) is 1.40. The summed E-state index contributed by atoms with van der Waals surface area (Å²) in [6.45, 7) is 3.07. The van der Waals surface area contributed by atoms with Crippen LogP contribution in [0.15, 0.2) is 91.3 Å². The van der Waals surface area contributed by atoms with Crippen molar-refractivity contribution in [3.05, 3.63) is 125 Å². The van der Waals surface area contributed by atoms with Gasteiger partial charge in [-0.25, -0.2) is 4.79 Å². The van der Waals surface area contributed by atoms with E-state index in [1.54, 1.807) is 6.07 Å². The van der Waals surface area contributed by atoms with Crippen molar-refractivity contribution in [3.8, 4) is 11.1 Å². The van der Waals surface area contributed by atoms with Crippen molar-refractivity contribution in [2.45, 2.75) is 38.4 Å². The van der Waals surface area contributed by atoms with E-state index in [0.29, 0.717) is 18.0 Å². The fourth-order valence-electron chi connectivity index (χ4n) is 5.91. The Kier molecular flexibility index (Phi) is 7.43. The zero-order valence-electron chi connectivity index (χ0n) is 22.7. The number of amides is 1. The van der Waals surface area contributed by atoms with E-state index < -0.39 is 0 Å². The minimum atomic E-state index is -0.340. The third-order valence-corrected chi connectivity index (χ3v) is 8.15. The van der Waals surface area contributed by atoms with Crippen LogP contribution >= 0.6 is 0 Å². The molecule has 0 bridgehead atoms. The molecule has 2 heterocycles. The largest absolute Gasteiger partial charge is 0.465 e. The molecule has 1 N–H and O–H groups in total. The maximum atomic E-state index is 13.1. The Bertz CT molecular complexity index is 1520. The first kappa shape index (κ1) is 26.0. The van der Waals surface area contributed by atoms with Gasteiger partial charge < -0.3 is 10.1 Å². The van der Waals surface area contributed by atoms with Crippen molar-refractivity contribution < 1.29 is 14.3 Å². The zero-order valence-corrected chi connectivity index (χ0v) is 22.7. The Morgan fingerprint density at radius 2 is 1.80 bits per heavy atom. The minimum absolute atomic E-state index is 0.0433. The normalized spacial score (nSPS) is 18.0. The van der Waals surface area contributed by atoms with E-state index in [1.165, 1.54) is 29.4 Å². The van der Waals surface area contributed by atoms with Gasteiger partial charge in [0.2, 0.25) is 5.91 Å². The molecule has 1 aliphatic carbocycles. The summed E-state index contributed by atoms with van der Waals surface area (Å²) >= 11 is 0. The topological polar surface area (TPSA) is 71.5 Å². The Hall–Kier alpha value is -4.29. The first-order chi connectivity index (χ1) is 19.6. The van der Waals surface area contributed by atoms with E-state index in [2.05, 4.69) is 51.6 Å². The molecule has 4 aromatic rings. The van der Waals surface area contributed by atoms with Crippen LogP contribution in [-0.2, 0) is 35.6 Å². The highest BCUT2D eigenvalue weighted by Crippen LogP contribution is 2.47. The highest BCUT2D eigenvalue weighted by Gasteiger charge is 2.43. The number of carbonyl (C=O) groups excluding carboxylic acids is 2. The average Bonchev–Trinajstić information content (AvgIpc) is 3.82. The van der Waals surface area contributed by atoms with Gasteiger partial charge in [-0.15, -0.1) is 0 Å². The molecule has 0 saturated heterocycles. The van der Waals surface area contributed by atoms with Gasteiger partial charge in [0.25, 0.3) is 0 Å². The van der Waals surface area contributed by atoms with Crippen molar-refractivity contribution >= 4 is 11.9 Å². The number of nitrogens with zero attached hydrogens (tertiary/aromatic N) is 2. The lowest BCUT2D eigenvalue weighted by molar-refractivity contribution is -0.122. The first-order valence-corrected chi connectivity index (χ1v) is 13.9. The summed E-state index contributed by atoms with van der Waals surface area (Å²) in [6, 6.07) is 26.3. The van der Waals surface area contributed by atoms with Gasteiger partial charge in [-0.2, -0.15) is 0 Å². The molecule has 2 atom stereocenters. The van der Waals surface area contributed by atoms with Gasteiger partial charge in [-0.05, 0) is 82.0 Å². The molecule has 0 radical (unpaired) electrons. The molecule has 40 heavy (non-hydrogen) atoms. The predicted octanol–water partition coefficient (Wildman–Crippen LogP) is 5.51. The molecule has 202 valence electrons. The molecule has 1 saturated carbocycles. The second-order valence-corrected chi connectivity index (χ2v) is 10.7. The smallest absolute Gasteiger partial charge is 0.337 e. The Morgan fingerprint density at radius 3 is 2.60 bits per heavy atom. The van der Waals surface area contributed by atoms with E-state index in [0.717, 1.165) is 49.2 Å². The minimum Gasteiger partial charge on any atom is -0.465 e. The summed E-state index contributed by atoms with van der Waals surface area (Å²) in [5, 5.41) is 3.24. The fourth-order valence-corrected chi connectivity index (χ4v) is 5.91. The number of hydrogen-bond acceptors (Lipinski definition) is 5. The third kappa shape index (κ3) is 5.54. The monoisotopic (exact) mass is 531 g/mol. The van der Waals surface area contributed by atoms with Gasteiger partial charge in [0.1, 0.15) is 0 Å². The lowest BCUT2D eigenvalue weighted by Crippen LogP contribution is -2.32. The maximum Gasteiger partial charge on any atom is 0.337 e. The van der Waals surface area contributed by atoms with Gasteiger partial charge >= 0.3 is 5.97 Å². The maximum absolute atomic E-state index is 13.1.